The molecule has 0 radical (unpaired) electrons. The predicted octanol–water partition coefficient (Wildman–Crippen LogP) is 2.45. The van der Waals surface area contributed by atoms with Gasteiger partial charge in [0.25, 0.3) is 0 Å². The van der Waals surface area contributed by atoms with Crippen molar-refractivity contribution in [2.75, 3.05) is 13.1 Å². The first kappa shape index (κ1) is 16.9. The van der Waals surface area contributed by atoms with Crippen molar-refractivity contribution in [2.45, 2.75) is 32.9 Å². The Balaban J connectivity index is 0.00000176. The van der Waals surface area contributed by atoms with Gasteiger partial charge in [-0.3, -0.25) is 15.0 Å². The molecule has 1 fully saturated rings. The third-order valence-electron chi connectivity index (χ3n) is 4.45. The van der Waals surface area contributed by atoms with Crippen molar-refractivity contribution in [1.29, 1.82) is 0 Å². The number of aromatic nitrogens is 3. The van der Waals surface area contributed by atoms with E-state index in [0.29, 0.717) is 0 Å². The highest BCUT2D eigenvalue weighted by Crippen LogP contribution is 2.30. The van der Waals surface area contributed by atoms with Gasteiger partial charge in [0.05, 0.1) is 11.9 Å². The Morgan fingerprint density at radius 2 is 2.23 bits per heavy atom. The molecule has 0 aliphatic carbocycles. The summed E-state index contributed by atoms with van der Waals surface area (Å²) in [6, 6.07) is 4.29. The SMILES string of the molecule is CC1(C)CN(Cc2cn[nH]c2-c2cccnc2)CCC1N.Cl. The van der Waals surface area contributed by atoms with E-state index >= 15 is 0 Å². The summed E-state index contributed by atoms with van der Waals surface area (Å²) in [5, 5.41) is 7.31. The van der Waals surface area contributed by atoms with Crippen LogP contribution in [0.5, 0.6) is 0 Å². The van der Waals surface area contributed by atoms with E-state index in [1.54, 1.807) is 6.20 Å². The fourth-order valence-corrected chi connectivity index (χ4v) is 3.05. The van der Waals surface area contributed by atoms with Crippen LogP contribution < -0.4 is 5.73 Å². The molecule has 0 amide bonds. The van der Waals surface area contributed by atoms with Crippen LogP contribution in [0.15, 0.2) is 30.7 Å². The number of nitrogens with two attached hydrogens (primary N) is 1. The van der Waals surface area contributed by atoms with Gasteiger partial charge in [0.2, 0.25) is 0 Å². The van der Waals surface area contributed by atoms with Gasteiger partial charge in [0, 0.05) is 49.2 Å². The summed E-state index contributed by atoms with van der Waals surface area (Å²) >= 11 is 0. The molecule has 1 aliphatic heterocycles. The molecule has 0 spiro atoms. The van der Waals surface area contributed by atoms with Gasteiger partial charge in [0.15, 0.2) is 0 Å². The summed E-state index contributed by atoms with van der Waals surface area (Å²) in [5.74, 6) is 0. The summed E-state index contributed by atoms with van der Waals surface area (Å²) in [4.78, 5) is 6.65. The Labute approximate surface area is 137 Å². The molecular weight excluding hydrogens is 298 g/mol. The number of nitrogens with one attached hydrogen (secondary N) is 1. The molecule has 1 saturated heterocycles. The molecule has 2 aromatic rings. The lowest BCUT2D eigenvalue weighted by Gasteiger charge is -2.42. The largest absolute Gasteiger partial charge is 0.327 e. The van der Waals surface area contributed by atoms with Crippen molar-refractivity contribution in [3.05, 3.63) is 36.3 Å². The molecule has 0 saturated carbocycles. The number of aromatic amines is 1. The Kier molecular flexibility index (Phi) is 5.21. The number of rotatable bonds is 3. The van der Waals surface area contributed by atoms with E-state index in [-0.39, 0.29) is 23.9 Å². The summed E-state index contributed by atoms with van der Waals surface area (Å²) in [6.45, 7) is 7.47. The van der Waals surface area contributed by atoms with Crippen LogP contribution in [0, 0.1) is 5.41 Å². The number of halogens is 1. The van der Waals surface area contributed by atoms with Gasteiger partial charge in [-0.05, 0) is 24.0 Å². The third kappa shape index (κ3) is 3.48. The van der Waals surface area contributed by atoms with Crippen LogP contribution in [-0.4, -0.2) is 39.2 Å². The summed E-state index contributed by atoms with van der Waals surface area (Å²) < 4.78 is 0. The van der Waals surface area contributed by atoms with Crippen LogP contribution in [0.25, 0.3) is 11.3 Å². The van der Waals surface area contributed by atoms with E-state index in [2.05, 4.69) is 40.0 Å². The number of H-pyrrole nitrogens is 1. The monoisotopic (exact) mass is 321 g/mol. The maximum Gasteiger partial charge on any atom is 0.0710 e. The van der Waals surface area contributed by atoms with E-state index < -0.39 is 0 Å². The molecule has 6 heteroatoms. The van der Waals surface area contributed by atoms with E-state index in [1.807, 2.05) is 18.5 Å². The average molecular weight is 322 g/mol. The molecule has 2 aromatic heterocycles. The van der Waals surface area contributed by atoms with Gasteiger partial charge in [-0.1, -0.05) is 13.8 Å². The van der Waals surface area contributed by atoms with Crippen molar-refractivity contribution >= 4 is 12.4 Å². The first-order chi connectivity index (χ1) is 10.1. The lowest BCUT2D eigenvalue weighted by atomic mass is 9.79. The van der Waals surface area contributed by atoms with E-state index in [9.17, 15) is 0 Å². The molecule has 22 heavy (non-hydrogen) atoms. The molecule has 3 N–H and O–H groups in total. The van der Waals surface area contributed by atoms with E-state index in [4.69, 9.17) is 5.73 Å². The number of piperidine rings is 1. The van der Waals surface area contributed by atoms with Crippen LogP contribution in [0.2, 0.25) is 0 Å². The standard InChI is InChI=1S/C16H23N5.ClH/c1-16(2)11-21(7-5-14(16)17)10-13-9-19-20-15(13)12-4-3-6-18-8-12;/h3-4,6,8-9,14H,5,7,10-11,17H2,1-2H3,(H,19,20);1H. The maximum absolute atomic E-state index is 6.22. The second kappa shape index (κ2) is 6.77. The Bertz CT molecular complexity index is 596. The number of hydrogen-bond acceptors (Lipinski definition) is 4. The number of likely N-dealkylation sites (tertiary alicyclic amines) is 1. The quantitative estimate of drug-likeness (QED) is 0.911. The highest BCUT2D eigenvalue weighted by Gasteiger charge is 2.33. The van der Waals surface area contributed by atoms with Crippen LogP contribution in [0.1, 0.15) is 25.8 Å². The fourth-order valence-electron chi connectivity index (χ4n) is 3.05. The predicted molar refractivity (Wildman–Crippen MR) is 90.7 cm³/mol. The molecular formula is C16H24ClN5. The maximum atomic E-state index is 6.22. The number of nitrogens with zero attached hydrogens (tertiary/aromatic N) is 3. The Morgan fingerprint density at radius 3 is 2.91 bits per heavy atom. The van der Waals surface area contributed by atoms with Crippen LogP contribution in [0.4, 0.5) is 0 Å². The lowest BCUT2D eigenvalue weighted by Crippen LogP contribution is -2.52. The van der Waals surface area contributed by atoms with Gasteiger partial charge >= 0.3 is 0 Å². The zero-order valence-electron chi connectivity index (χ0n) is 13.1. The zero-order chi connectivity index (χ0) is 14.9. The van der Waals surface area contributed by atoms with Crippen molar-refractivity contribution < 1.29 is 0 Å². The lowest BCUT2D eigenvalue weighted by molar-refractivity contribution is 0.0900. The molecule has 0 bridgehead atoms. The normalized spacial score (nSPS) is 21.3. The third-order valence-corrected chi connectivity index (χ3v) is 4.45. The van der Waals surface area contributed by atoms with Crippen molar-refractivity contribution in [2.24, 2.45) is 11.1 Å². The van der Waals surface area contributed by atoms with Gasteiger partial charge in [0.1, 0.15) is 0 Å². The molecule has 1 aliphatic rings. The smallest absolute Gasteiger partial charge is 0.0710 e. The van der Waals surface area contributed by atoms with Crippen LogP contribution in [0.3, 0.4) is 0 Å². The molecule has 120 valence electrons. The highest BCUT2D eigenvalue weighted by atomic mass is 35.5. The minimum atomic E-state index is 0. The molecule has 3 rings (SSSR count). The second-order valence-electron chi connectivity index (χ2n) is 6.61. The van der Waals surface area contributed by atoms with Gasteiger partial charge in [-0.15, -0.1) is 12.4 Å². The second-order valence-corrected chi connectivity index (χ2v) is 6.61. The fraction of sp³-hybridized carbons (Fsp3) is 0.500. The summed E-state index contributed by atoms with van der Waals surface area (Å²) in [5.41, 5.74) is 9.74. The van der Waals surface area contributed by atoms with Crippen molar-refractivity contribution in [3.8, 4) is 11.3 Å². The van der Waals surface area contributed by atoms with E-state index in [1.165, 1.54) is 5.56 Å². The van der Waals surface area contributed by atoms with Crippen LogP contribution >= 0.6 is 12.4 Å². The average Bonchev–Trinajstić information content (AvgIpc) is 2.92. The molecule has 5 nitrogen and oxygen atoms in total. The number of hydrogen-bond donors (Lipinski definition) is 2. The summed E-state index contributed by atoms with van der Waals surface area (Å²) in [7, 11) is 0. The molecule has 0 aromatic carbocycles. The highest BCUT2D eigenvalue weighted by molar-refractivity contribution is 5.85. The van der Waals surface area contributed by atoms with Gasteiger partial charge in [-0.2, -0.15) is 5.10 Å². The Hall–Kier alpha value is -1.43. The van der Waals surface area contributed by atoms with Crippen molar-refractivity contribution in [1.82, 2.24) is 20.1 Å². The van der Waals surface area contributed by atoms with Crippen molar-refractivity contribution in [3.63, 3.8) is 0 Å². The Morgan fingerprint density at radius 1 is 1.41 bits per heavy atom. The molecule has 1 unspecified atom stereocenters. The van der Waals surface area contributed by atoms with Gasteiger partial charge in [-0.25, -0.2) is 0 Å². The first-order valence-electron chi connectivity index (χ1n) is 7.47. The first-order valence-corrected chi connectivity index (χ1v) is 7.47. The van der Waals surface area contributed by atoms with Gasteiger partial charge < -0.3 is 5.73 Å². The minimum absolute atomic E-state index is 0. The summed E-state index contributed by atoms with van der Waals surface area (Å²) in [6.07, 6.45) is 6.62. The minimum Gasteiger partial charge on any atom is -0.327 e. The topological polar surface area (TPSA) is 70.8 Å². The zero-order valence-corrected chi connectivity index (χ0v) is 13.9. The molecule has 3 heterocycles. The number of pyridine rings is 1. The van der Waals surface area contributed by atoms with E-state index in [0.717, 1.165) is 37.3 Å². The van der Waals surface area contributed by atoms with Crippen LogP contribution in [-0.2, 0) is 6.54 Å². The molecule has 1 atom stereocenters.